The Morgan fingerprint density at radius 2 is 1.76 bits per heavy atom. The number of carbonyl (C=O) groups excluding carboxylic acids is 1. The summed E-state index contributed by atoms with van der Waals surface area (Å²) < 4.78 is 52.5. The van der Waals surface area contributed by atoms with Gasteiger partial charge in [-0.25, -0.2) is 9.50 Å². The Morgan fingerprint density at radius 1 is 1.03 bits per heavy atom. The van der Waals surface area contributed by atoms with Crippen LogP contribution in [0.2, 0.25) is 5.02 Å². The number of hydrogen-bond acceptors (Lipinski definition) is 5. The molecule has 0 spiro atoms. The number of anilines is 1. The van der Waals surface area contributed by atoms with Gasteiger partial charge >= 0.3 is 6.18 Å². The van der Waals surface area contributed by atoms with Crippen LogP contribution >= 0.6 is 11.6 Å². The molecule has 0 aliphatic carbocycles. The lowest BCUT2D eigenvalue weighted by atomic mass is 10.1. The number of nitrogens with one attached hydrogen (secondary N) is 1. The van der Waals surface area contributed by atoms with Crippen LogP contribution in [0.25, 0.3) is 16.9 Å². The Hall–Kier alpha value is -3.79. The summed E-state index contributed by atoms with van der Waals surface area (Å²) in [4.78, 5) is 16.9. The van der Waals surface area contributed by atoms with Crippen LogP contribution < -0.4 is 14.8 Å². The van der Waals surface area contributed by atoms with Gasteiger partial charge in [-0.2, -0.15) is 18.3 Å². The van der Waals surface area contributed by atoms with E-state index in [-0.39, 0.29) is 22.1 Å². The maximum absolute atomic E-state index is 13.8. The number of para-hydroxylation sites is 1. The number of ether oxygens (including phenoxy) is 2. The van der Waals surface area contributed by atoms with Gasteiger partial charge in [0, 0.05) is 11.6 Å². The third-order valence-electron chi connectivity index (χ3n) is 4.75. The fourth-order valence-electron chi connectivity index (χ4n) is 3.18. The largest absolute Gasteiger partial charge is 0.493 e. The number of amides is 1. The number of benzene rings is 2. The van der Waals surface area contributed by atoms with Crippen LogP contribution in [0.4, 0.5) is 18.9 Å². The third-order valence-corrected chi connectivity index (χ3v) is 5.08. The van der Waals surface area contributed by atoms with E-state index in [1.165, 1.54) is 26.4 Å². The van der Waals surface area contributed by atoms with Crippen molar-refractivity contribution >= 4 is 28.8 Å². The normalized spacial score (nSPS) is 11.5. The van der Waals surface area contributed by atoms with E-state index in [0.717, 1.165) is 6.07 Å². The van der Waals surface area contributed by atoms with Crippen molar-refractivity contribution in [2.45, 2.75) is 6.18 Å². The van der Waals surface area contributed by atoms with E-state index in [0.29, 0.717) is 27.3 Å². The van der Waals surface area contributed by atoms with Gasteiger partial charge in [0.25, 0.3) is 5.91 Å². The minimum Gasteiger partial charge on any atom is -0.493 e. The quantitative estimate of drug-likeness (QED) is 0.421. The highest BCUT2D eigenvalue weighted by Gasteiger charge is 2.35. The number of halogens is 4. The summed E-state index contributed by atoms with van der Waals surface area (Å²) in [6.45, 7) is 0. The van der Waals surface area contributed by atoms with E-state index in [4.69, 9.17) is 21.1 Å². The zero-order valence-electron chi connectivity index (χ0n) is 17.3. The average Bonchev–Trinajstić information content (AvgIpc) is 3.23. The van der Waals surface area contributed by atoms with E-state index in [9.17, 15) is 18.0 Å². The standard InChI is InChI=1S/C22H16ClF3N4O3/c1-32-17-8-7-12(9-18(17)33-2)15-10-19(22(24,25)26)30-20(27-15)11-16(29-30)21(31)28-14-6-4-3-5-13(14)23/h3-11H,1-2H3,(H,28,31). The molecule has 170 valence electrons. The van der Waals surface area contributed by atoms with Gasteiger partial charge in [-0.05, 0) is 36.4 Å². The number of carbonyl (C=O) groups is 1. The maximum Gasteiger partial charge on any atom is 0.433 e. The number of fused-ring (bicyclic) bond motifs is 1. The molecule has 4 rings (SSSR count). The van der Waals surface area contributed by atoms with Gasteiger partial charge in [-0.15, -0.1) is 0 Å². The molecule has 7 nitrogen and oxygen atoms in total. The first-order chi connectivity index (χ1) is 15.7. The third kappa shape index (κ3) is 4.42. The van der Waals surface area contributed by atoms with Crippen molar-refractivity contribution in [3.05, 3.63) is 71.0 Å². The SMILES string of the molecule is COc1ccc(-c2cc(C(F)(F)F)n3nc(C(=O)Nc4ccccc4Cl)cc3n2)cc1OC. The van der Waals surface area contributed by atoms with Gasteiger partial charge in [0.2, 0.25) is 0 Å². The van der Waals surface area contributed by atoms with Crippen LogP contribution in [0.3, 0.4) is 0 Å². The minimum absolute atomic E-state index is 0.0220. The first-order valence-electron chi connectivity index (χ1n) is 9.47. The number of aromatic nitrogens is 3. The summed E-state index contributed by atoms with van der Waals surface area (Å²) in [7, 11) is 2.87. The predicted octanol–water partition coefficient (Wildman–Crippen LogP) is 5.34. The van der Waals surface area contributed by atoms with Crippen molar-refractivity contribution in [2.24, 2.45) is 0 Å². The summed E-state index contributed by atoms with van der Waals surface area (Å²) in [6.07, 6.45) is -4.75. The Morgan fingerprint density at radius 3 is 2.42 bits per heavy atom. The molecule has 2 heterocycles. The molecular formula is C22H16ClF3N4O3. The van der Waals surface area contributed by atoms with Crippen LogP contribution in [-0.2, 0) is 6.18 Å². The zero-order valence-corrected chi connectivity index (χ0v) is 18.0. The monoisotopic (exact) mass is 476 g/mol. The lowest BCUT2D eigenvalue weighted by Crippen LogP contribution is -2.16. The first-order valence-corrected chi connectivity index (χ1v) is 9.85. The van der Waals surface area contributed by atoms with E-state index in [1.807, 2.05) is 0 Å². The highest BCUT2D eigenvalue weighted by molar-refractivity contribution is 6.33. The Bertz CT molecular complexity index is 1350. The van der Waals surface area contributed by atoms with Crippen molar-refractivity contribution in [3.63, 3.8) is 0 Å². The molecule has 0 radical (unpaired) electrons. The van der Waals surface area contributed by atoms with E-state index < -0.39 is 17.8 Å². The van der Waals surface area contributed by atoms with Crippen molar-refractivity contribution < 1.29 is 27.4 Å². The lowest BCUT2D eigenvalue weighted by molar-refractivity contribution is -0.142. The number of methoxy groups -OCH3 is 2. The molecule has 2 aromatic heterocycles. The Kier molecular flexibility index (Phi) is 5.86. The summed E-state index contributed by atoms with van der Waals surface area (Å²) >= 11 is 6.03. The van der Waals surface area contributed by atoms with Crippen LogP contribution in [-0.4, -0.2) is 34.7 Å². The van der Waals surface area contributed by atoms with Gasteiger partial charge < -0.3 is 14.8 Å². The average molecular weight is 477 g/mol. The maximum atomic E-state index is 13.8. The fourth-order valence-corrected chi connectivity index (χ4v) is 3.36. The molecule has 11 heteroatoms. The molecule has 0 fully saturated rings. The summed E-state index contributed by atoms with van der Waals surface area (Å²) in [5.74, 6) is 0.0224. The molecule has 33 heavy (non-hydrogen) atoms. The lowest BCUT2D eigenvalue weighted by Gasteiger charge is -2.12. The molecule has 0 aliphatic rings. The molecule has 0 aliphatic heterocycles. The molecule has 0 saturated heterocycles. The van der Waals surface area contributed by atoms with Gasteiger partial charge in [0.15, 0.2) is 28.5 Å². The van der Waals surface area contributed by atoms with Gasteiger partial charge in [-0.3, -0.25) is 4.79 Å². The second-order valence-electron chi connectivity index (χ2n) is 6.83. The van der Waals surface area contributed by atoms with Gasteiger partial charge in [0.1, 0.15) is 0 Å². The molecule has 1 amide bonds. The Labute approximate surface area is 190 Å². The molecule has 0 saturated carbocycles. The first kappa shape index (κ1) is 22.4. The number of rotatable bonds is 5. The van der Waals surface area contributed by atoms with Crippen molar-refractivity contribution in [1.29, 1.82) is 0 Å². The van der Waals surface area contributed by atoms with Crippen LogP contribution in [0.15, 0.2) is 54.6 Å². The topological polar surface area (TPSA) is 77.8 Å². The van der Waals surface area contributed by atoms with Crippen LogP contribution in [0.1, 0.15) is 16.2 Å². The summed E-state index contributed by atoms with van der Waals surface area (Å²) in [5.41, 5.74) is -0.806. The van der Waals surface area contributed by atoms with Crippen LogP contribution in [0, 0.1) is 0 Å². The number of hydrogen-bond donors (Lipinski definition) is 1. The second-order valence-corrected chi connectivity index (χ2v) is 7.23. The minimum atomic E-state index is -4.75. The highest BCUT2D eigenvalue weighted by Crippen LogP contribution is 2.35. The summed E-state index contributed by atoms with van der Waals surface area (Å²) in [6, 6.07) is 13.1. The fraction of sp³-hybridized carbons (Fsp3) is 0.136. The zero-order chi connectivity index (χ0) is 23.8. The second kappa shape index (κ2) is 8.62. The number of nitrogens with zero attached hydrogens (tertiary/aromatic N) is 3. The van der Waals surface area contributed by atoms with Gasteiger partial charge in [0.05, 0.1) is 30.6 Å². The smallest absolute Gasteiger partial charge is 0.433 e. The van der Waals surface area contributed by atoms with E-state index in [1.54, 1.807) is 36.4 Å². The highest BCUT2D eigenvalue weighted by atomic mass is 35.5. The van der Waals surface area contributed by atoms with Crippen LogP contribution in [0.5, 0.6) is 11.5 Å². The van der Waals surface area contributed by atoms with Crippen molar-refractivity contribution in [3.8, 4) is 22.8 Å². The predicted molar refractivity (Wildman–Crippen MR) is 116 cm³/mol. The van der Waals surface area contributed by atoms with E-state index in [2.05, 4.69) is 15.4 Å². The molecular weight excluding hydrogens is 461 g/mol. The van der Waals surface area contributed by atoms with Gasteiger partial charge in [-0.1, -0.05) is 23.7 Å². The molecule has 1 N–H and O–H groups in total. The molecule has 0 bridgehead atoms. The van der Waals surface area contributed by atoms with E-state index >= 15 is 0 Å². The van der Waals surface area contributed by atoms with Crippen molar-refractivity contribution in [2.75, 3.05) is 19.5 Å². The molecule has 4 aromatic rings. The molecule has 0 atom stereocenters. The number of alkyl halides is 3. The Balaban J connectivity index is 1.81. The molecule has 0 unspecified atom stereocenters. The van der Waals surface area contributed by atoms with Crippen molar-refractivity contribution in [1.82, 2.24) is 14.6 Å². The summed E-state index contributed by atoms with van der Waals surface area (Å²) in [5, 5.41) is 6.65. The molecule has 2 aromatic carbocycles.